The van der Waals surface area contributed by atoms with Crippen LogP contribution in [0.4, 0.5) is 5.69 Å². The molecule has 1 aliphatic heterocycles. The standard InChI is InChI=1S/C19H20N4/c1-2-8-21-18(3-1)13-23-10-7-19(14-23)22-17-5-4-16-12-20-9-6-15(16)11-17/h1-6,8-9,11-12,19,22H,7,10,13-14H2. The van der Waals surface area contributed by atoms with Crippen molar-refractivity contribution in [3.05, 3.63) is 66.7 Å². The second-order valence-corrected chi connectivity index (χ2v) is 6.12. The maximum absolute atomic E-state index is 4.42. The minimum absolute atomic E-state index is 0.498. The van der Waals surface area contributed by atoms with Crippen LogP contribution in [0.2, 0.25) is 0 Å². The number of likely N-dealkylation sites (tertiary alicyclic amines) is 1. The lowest BCUT2D eigenvalue weighted by Gasteiger charge is -2.17. The summed E-state index contributed by atoms with van der Waals surface area (Å²) in [5.74, 6) is 0. The molecule has 0 aliphatic carbocycles. The van der Waals surface area contributed by atoms with Gasteiger partial charge in [0.05, 0.1) is 5.69 Å². The first kappa shape index (κ1) is 14.2. The molecule has 0 bridgehead atoms. The van der Waals surface area contributed by atoms with Gasteiger partial charge in [-0.1, -0.05) is 12.1 Å². The fourth-order valence-electron chi connectivity index (χ4n) is 3.22. The Hall–Kier alpha value is -2.46. The summed E-state index contributed by atoms with van der Waals surface area (Å²) >= 11 is 0. The summed E-state index contributed by atoms with van der Waals surface area (Å²) in [6.07, 6.45) is 6.78. The number of nitrogens with zero attached hydrogens (tertiary/aromatic N) is 3. The highest BCUT2D eigenvalue weighted by Crippen LogP contribution is 2.21. The van der Waals surface area contributed by atoms with Crippen LogP contribution in [0, 0.1) is 0 Å². The van der Waals surface area contributed by atoms with E-state index >= 15 is 0 Å². The van der Waals surface area contributed by atoms with Gasteiger partial charge in [0, 0.05) is 55.3 Å². The Kier molecular flexibility index (Phi) is 3.90. The van der Waals surface area contributed by atoms with Crippen LogP contribution >= 0.6 is 0 Å². The number of anilines is 1. The highest BCUT2D eigenvalue weighted by atomic mass is 15.2. The molecule has 1 atom stereocenters. The Labute approximate surface area is 136 Å². The van der Waals surface area contributed by atoms with Crippen LogP contribution in [0.3, 0.4) is 0 Å². The first-order valence-electron chi connectivity index (χ1n) is 8.09. The van der Waals surface area contributed by atoms with E-state index in [1.54, 1.807) is 0 Å². The molecule has 1 aromatic carbocycles. The molecule has 0 spiro atoms. The first-order chi connectivity index (χ1) is 11.4. The van der Waals surface area contributed by atoms with Gasteiger partial charge in [0.25, 0.3) is 0 Å². The molecule has 1 unspecified atom stereocenters. The van der Waals surface area contributed by atoms with Crippen molar-refractivity contribution in [3.63, 3.8) is 0 Å². The minimum Gasteiger partial charge on any atom is -0.381 e. The van der Waals surface area contributed by atoms with Gasteiger partial charge in [-0.05, 0) is 42.1 Å². The fraction of sp³-hybridized carbons (Fsp3) is 0.263. The third kappa shape index (κ3) is 3.32. The quantitative estimate of drug-likeness (QED) is 0.803. The van der Waals surface area contributed by atoms with Crippen molar-refractivity contribution in [3.8, 4) is 0 Å². The first-order valence-corrected chi connectivity index (χ1v) is 8.09. The number of hydrogen-bond acceptors (Lipinski definition) is 4. The molecule has 116 valence electrons. The maximum Gasteiger partial charge on any atom is 0.0543 e. The van der Waals surface area contributed by atoms with Crippen LogP contribution in [0.25, 0.3) is 10.8 Å². The smallest absolute Gasteiger partial charge is 0.0543 e. The van der Waals surface area contributed by atoms with Crippen molar-refractivity contribution >= 4 is 16.5 Å². The minimum atomic E-state index is 0.498. The van der Waals surface area contributed by atoms with E-state index in [9.17, 15) is 0 Å². The van der Waals surface area contributed by atoms with Crippen LogP contribution in [0.5, 0.6) is 0 Å². The molecule has 1 aliphatic rings. The Bertz CT molecular complexity index is 787. The normalized spacial score (nSPS) is 18.3. The third-order valence-electron chi connectivity index (χ3n) is 4.40. The molecule has 3 aromatic rings. The highest BCUT2D eigenvalue weighted by Gasteiger charge is 2.22. The average Bonchev–Trinajstić information content (AvgIpc) is 3.02. The zero-order valence-corrected chi connectivity index (χ0v) is 13.0. The predicted molar refractivity (Wildman–Crippen MR) is 93.3 cm³/mol. The van der Waals surface area contributed by atoms with Gasteiger partial charge >= 0.3 is 0 Å². The van der Waals surface area contributed by atoms with Gasteiger partial charge in [0.2, 0.25) is 0 Å². The van der Waals surface area contributed by atoms with Crippen molar-refractivity contribution in [2.45, 2.75) is 19.0 Å². The van der Waals surface area contributed by atoms with Gasteiger partial charge in [-0.2, -0.15) is 0 Å². The summed E-state index contributed by atoms with van der Waals surface area (Å²) in [7, 11) is 0. The molecule has 1 N–H and O–H groups in total. The lowest BCUT2D eigenvalue weighted by atomic mass is 10.1. The molecule has 3 heterocycles. The summed E-state index contributed by atoms with van der Waals surface area (Å²) < 4.78 is 0. The van der Waals surface area contributed by atoms with Crippen LogP contribution in [0.1, 0.15) is 12.1 Å². The van der Waals surface area contributed by atoms with Crippen molar-refractivity contribution in [2.75, 3.05) is 18.4 Å². The largest absolute Gasteiger partial charge is 0.381 e. The molecular weight excluding hydrogens is 284 g/mol. The summed E-state index contributed by atoms with van der Waals surface area (Å²) in [5.41, 5.74) is 2.33. The van der Waals surface area contributed by atoms with Gasteiger partial charge in [0.1, 0.15) is 0 Å². The number of fused-ring (bicyclic) bond motifs is 1. The van der Waals surface area contributed by atoms with Gasteiger partial charge in [-0.25, -0.2) is 0 Å². The number of benzene rings is 1. The fourth-order valence-corrected chi connectivity index (χ4v) is 3.22. The number of hydrogen-bond donors (Lipinski definition) is 1. The van der Waals surface area contributed by atoms with Crippen molar-refractivity contribution in [2.24, 2.45) is 0 Å². The SMILES string of the molecule is c1ccc(CN2CCC(Nc3ccc4cnccc4c3)C2)nc1. The third-order valence-corrected chi connectivity index (χ3v) is 4.40. The lowest BCUT2D eigenvalue weighted by Crippen LogP contribution is -2.26. The van der Waals surface area contributed by atoms with Crippen LogP contribution in [0.15, 0.2) is 61.1 Å². The van der Waals surface area contributed by atoms with Gasteiger partial charge < -0.3 is 5.32 Å². The summed E-state index contributed by atoms with van der Waals surface area (Å²) in [6.45, 7) is 3.11. The lowest BCUT2D eigenvalue weighted by molar-refractivity contribution is 0.324. The van der Waals surface area contributed by atoms with E-state index in [0.29, 0.717) is 6.04 Å². The Balaban J connectivity index is 1.39. The van der Waals surface area contributed by atoms with E-state index in [-0.39, 0.29) is 0 Å². The summed E-state index contributed by atoms with van der Waals surface area (Å²) in [6, 6.07) is 15.2. The van der Waals surface area contributed by atoms with E-state index in [4.69, 9.17) is 0 Å². The molecule has 1 fully saturated rings. The van der Waals surface area contributed by atoms with Crippen molar-refractivity contribution in [1.29, 1.82) is 0 Å². The van der Waals surface area contributed by atoms with Gasteiger partial charge in [-0.3, -0.25) is 14.9 Å². The molecule has 1 saturated heterocycles. The summed E-state index contributed by atoms with van der Waals surface area (Å²) in [5, 5.41) is 6.08. The number of rotatable bonds is 4. The second-order valence-electron chi connectivity index (χ2n) is 6.12. The molecule has 4 nitrogen and oxygen atoms in total. The van der Waals surface area contributed by atoms with E-state index in [0.717, 1.165) is 25.3 Å². The predicted octanol–water partition coefficient (Wildman–Crippen LogP) is 3.32. The Morgan fingerprint density at radius 1 is 1.09 bits per heavy atom. The van der Waals surface area contributed by atoms with E-state index in [1.165, 1.54) is 22.9 Å². The Morgan fingerprint density at radius 2 is 2.09 bits per heavy atom. The van der Waals surface area contributed by atoms with Crippen LogP contribution < -0.4 is 5.32 Å². The molecule has 0 amide bonds. The molecule has 0 radical (unpaired) electrons. The number of aromatic nitrogens is 2. The van der Waals surface area contributed by atoms with Crippen molar-refractivity contribution < 1.29 is 0 Å². The van der Waals surface area contributed by atoms with Gasteiger partial charge in [-0.15, -0.1) is 0 Å². The van der Waals surface area contributed by atoms with E-state index in [2.05, 4.69) is 56.6 Å². The van der Waals surface area contributed by atoms with E-state index in [1.807, 2.05) is 24.7 Å². The summed E-state index contributed by atoms with van der Waals surface area (Å²) in [4.78, 5) is 11.0. The number of nitrogens with one attached hydrogen (secondary N) is 1. The number of pyridine rings is 2. The molecule has 2 aromatic heterocycles. The zero-order valence-electron chi connectivity index (χ0n) is 13.0. The average molecular weight is 304 g/mol. The molecule has 0 saturated carbocycles. The van der Waals surface area contributed by atoms with Gasteiger partial charge in [0.15, 0.2) is 0 Å². The van der Waals surface area contributed by atoms with Crippen molar-refractivity contribution in [1.82, 2.24) is 14.9 Å². The zero-order chi connectivity index (χ0) is 15.5. The topological polar surface area (TPSA) is 41.0 Å². The van der Waals surface area contributed by atoms with Crippen LogP contribution in [-0.2, 0) is 6.54 Å². The van der Waals surface area contributed by atoms with Crippen LogP contribution in [-0.4, -0.2) is 34.0 Å². The maximum atomic E-state index is 4.42. The Morgan fingerprint density at radius 3 is 3.00 bits per heavy atom. The molecule has 23 heavy (non-hydrogen) atoms. The molecule has 4 heteroatoms. The van der Waals surface area contributed by atoms with E-state index < -0.39 is 0 Å². The highest BCUT2D eigenvalue weighted by molar-refractivity contribution is 5.84. The second kappa shape index (κ2) is 6.34. The molecular formula is C19H20N4. The molecule has 4 rings (SSSR count). The monoisotopic (exact) mass is 304 g/mol.